The summed E-state index contributed by atoms with van der Waals surface area (Å²) in [4.78, 5) is 0. The van der Waals surface area contributed by atoms with E-state index in [1.165, 1.54) is 5.19 Å². The van der Waals surface area contributed by atoms with Crippen LogP contribution in [0.2, 0.25) is 32.2 Å². The van der Waals surface area contributed by atoms with Crippen molar-refractivity contribution in [2.45, 2.75) is 45.1 Å². The van der Waals surface area contributed by atoms with Gasteiger partial charge in [-0.3, -0.25) is 0 Å². The van der Waals surface area contributed by atoms with Crippen LogP contribution in [-0.2, 0) is 10.5 Å². The molecule has 0 amide bonds. The molecule has 2 aromatic carbocycles. The van der Waals surface area contributed by atoms with Crippen LogP contribution < -0.4 is 9.92 Å². The molecule has 1 N–H and O–H groups in total. The number of methoxy groups -OCH3 is 1. The molecular weight excluding hydrogens is 344 g/mol. The third-order valence-corrected chi connectivity index (χ3v) is 11.4. The summed E-state index contributed by atoms with van der Waals surface area (Å²) >= 11 is 0. The van der Waals surface area contributed by atoms with Crippen LogP contribution in [0.5, 0.6) is 11.5 Å². The van der Waals surface area contributed by atoms with Crippen molar-refractivity contribution < 1.29 is 14.0 Å². The summed E-state index contributed by atoms with van der Waals surface area (Å²) in [5, 5.41) is 11.0. The molecule has 1 unspecified atom stereocenters. The predicted molar refractivity (Wildman–Crippen MR) is 110 cm³/mol. The molecular formula is C20H30O3Si2. The Labute approximate surface area is 153 Å². The lowest BCUT2D eigenvalue weighted by molar-refractivity contribution is 0.402. The fourth-order valence-electron chi connectivity index (χ4n) is 3.28. The maximum atomic E-state index is 9.61. The van der Waals surface area contributed by atoms with Crippen LogP contribution in [0.15, 0.2) is 48.5 Å². The Hall–Kier alpha value is -1.57. The number of rotatable bonds is 8. The molecule has 0 saturated heterocycles. The predicted octanol–water partition coefficient (Wildman–Crippen LogP) is 4.67. The van der Waals surface area contributed by atoms with Crippen LogP contribution in [-0.4, -0.2) is 28.9 Å². The first-order chi connectivity index (χ1) is 11.7. The molecule has 0 saturated carbocycles. The van der Waals surface area contributed by atoms with Gasteiger partial charge in [-0.1, -0.05) is 36.4 Å². The van der Waals surface area contributed by atoms with Crippen molar-refractivity contribution >= 4 is 21.8 Å². The van der Waals surface area contributed by atoms with Crippen LogP contribution in [0.3, 0.4) is 0 Å². The van der Waals surface area contributed by atoms with Crippen molar-refractivity contribution in [3.05, 3.63) is 54.1 Å². The van der Waals surface area contributed by atoms with Crippen LogP contribution in [0.4, 0.5) is 0 Å². The van der Waals surface area contributed by atoms with Gasteiger partial charge in [-0.15, -0.1) is 0 Å². The molecule has 25 heavy (non-hydrogen) atoms. The summed E-state index contributed by atoms with van der Waals surface area (Å²) in [6.45, 7) is 9.15. The SMILES string of the molecule is COc1cc(O)ccc1CCC[Si](C)(O[Si](C)(C)C)c1ccccc1. The molecule has 136 valence electrons. The smallest absolute Gasteiger partial charge is 0.209 e. The fourth-order valence-corrected chi connectivity index (χ4v) is 11.6. The third-order valence-electron chi connectivity index (χ3n) is 4.29. The number of benzene rings is 2. The Balaban J connectivity index is 2.13. The molecule has 0 aliphatic heterocycles. The van der Waals surface area contributed by atoms with Crippen LogP contribution in [0, 0.1) is 0 Å². The highest BCUT2D eigenvalue weighted by atomic mass is 28.4. The van der Waals surface area contributed by atoms with Gasteiger partial charge in [0.1, 0.15) is 11.5 Å². The molecule has 3 nitrogen and oxygen atoms in total. The zero-order chi connectivity index (χ0) is 18.5. The Morgan fingerprint density at radius 2 is 1.64 bits per heavy atom. The normalized spacial score (nSPS) is 14.1. The lowest BCUT2D eigenvalue weighted by Crippen LogP contribution is -2.53. The zero-order valence-electron chi connectivity index (χ0n) is 16.0. The van der Waals surface area contributed by atoms with E-state index in [0.717, 1.165) is 30.2 Å². The number of aromatic hydroxyl groups is 1. The van der Waals surface area contributed by atoms with Gasteiger partial charge in [0, 0.05) is 6.07 Å². The molecule has 1 atom stereocenters. The van der Waals surface area contributed by atoms with Crippen molar-refractivity contribution in [2.24, 2.45) is 0 Å². The van der Waals surface area contributed by atoms with Gasteiger partial charge in [-0.2, -0.15) is 0 Å². The van der Waals surface area contributed by atoms with Gasteiger partial charge in [0.05, 0.1) is 7.11 Å². The first-order valence-corrected chi connectivity index (χ1v) is 14.9. The molecule has 0 heterocycles. The van der Waals surface area contributed by atoms with Gasteiger partial charge in [-0.05, 0) is 61.9 Å². The van der Waals surface area contributed by atoms with E-state index in [1.807, 2.05) is 6.07 Å². The average molecular weight is 375 g/mol. The summed E-state index contributed by atoms with van der Waals surface area (Å²) in [5.74, 6) is 1.00. The van der Waals surface area contributed by atoms with Crippen molar-refractivity contribution in [2.75, 3.05) is 7.11 Å². The highest BCUT2D eigenvalue weighted by molar-refractivity contribution is 6.92. The van der Waals surface area contributed by atoms with E-state index in [4.69, 9.17) is 8.85 Å². The summed E-state index contributed by atoms with van der Waals surface area (Å²) < 4.78 is 12.1. The largest absolute Gasteiger partial charge is 0.508 e. The summed E-state index contributed by atoms with van der Waals surface area (Å²) in [5.41, 5.74) is 1.14. The first-order valence-electron chi connectivity index (χ1n) is 8.85. The minimum atomic E-state index is -1.98. The van der Waals surface area contributed by atoms with E-state index < -0.39 is 16.6 Å². The monoisotopic (exact) mass is 374 g/mol. The Morgan fingerprint density at radius 3 is 2.24 bits per heavy atom. The number of hydrogen-bond acceptors (Lipinski definition) is 3. The van der Waals surface area contributed by atoms with Crippen molar-refractivity contribution in [3.63, 3.8) is 0 Å². The lowest BCUT2D eigenvalue weighted by Gasteiger charge is -2.35. The molecule has 2 rings (SSSR count). The zero-order valence-corrected chi connectivity index (χ0v) is 18.0. The number of ether oxygens (including phenoxy) is 1. The molecule has 0 aromatic heterocycles. The topological polar surface area (TPSA) is 38.7 Å². The third kappa shape index (κ3) is 5.73. The van der Waals surface area contributed by atoms with E-state index in [1.54, 1.807) is 19.2 Å². The number of aryl methyl sites for hydroxylation is 1. The summed E-state index contributed by atoms with van der Waals surface area (Å²) in [7, 11) is -1.96. The molecule has 0 fully saturated rings. The van der Waals surface area contributed by atoms with Crippen molar-refractivity contribution in [1.29, 1.82) is 0 Å². The Bertz CT molecular complexity index is 683. The lowest BCUT2D eigenvalue weighted by atomic mass is 10.1. The van der Waals surface area contributed by atoms with E-state index >= 15 is 0 Å². The molecule has 0 bridgehead atoms. The van der Waals surface area contributed by atoms with Gasteiger partial charge >= 0.3 is 0 Å². The molecule has 0 radical (unpaired) electrons. The Morgan fingerprint density at radius 1 is 0.960 bits per heavy atom. The first kappa shape index (κ1) is 19.8. The van der Waals surface area contributed by atoms with Crippen molar-refractivity contribution in [3.8, 4) is 11.5 Å². The van der Waals surface area contributed by atoms with Gasteiger partial charge in [0.15, 0.2) is 8.32 Å². The maximum Gasteiger partial charge on any atom is 0.209 e. The molecule has 2 aromatic rings. The second-order valence-electron chi connectivity index (χ2n) is 7.66. The Kier molecular flexibility index (Phi) is 6.49. The maximum absolute atomic E-state index is 9.61. The van der Waals surface area contributed by atoms with E-state index in [0.29, 0.717) is 0 Å². The van der Waals surface area contributed by atoms with Crippen LogP contribution in [0.1, 0.15) is 12.0 Å². The molecule has 0 spiro atoms. The standard InChI is InChI=1S/C20H30O3Si2/c1-22-20-16-18(21)14-13-17(20)10-9-15-25(5,23-24(2,3)4)19-11-7-6-8-12-19/h6-8,11-14,16,21H,9-10,15H2,1-5H3. The molecule has 0 aliphatic rings. The molecule has 5 heteroatoms. The van der Waals surface area contributed by atoms with E-state index in [9.17, 15) is 5.11 Å². The number of phenols is 1. The average Bonchev–Trinajstić information content (AvgIpc) is 2.55. The second-order valence-corrected chi connectivity index (χ2v) is 16.2. The minimum Gasteiger partial charge on any atom is -0.508 e. The van der Waals surface area contributed by atoms with Gasteiger partial charge in [-0.25, -0.2) is 0 Å². The quantitative estimate of drug-likeness (QED) is 0.683. The van der Waals surface area contributed by atoms with Gasteiger partial charge in [0.25, 0.3) is 0 Å². The summed E-state index contributed by atoms with van der Waals surface area (Å²) in [6.07, 6.45) is 1.97. The highest BCUT2D eigenvalue weighted by Gasteiger charge is 2.35. The number of hydrogen-bond donors (Lipinski definition) is 1. The van der Waals surface area contributed by atoms with E-state index in [2.05, 4.69) is 56.5 Å². The minimum absolute atomic E-state index is 0.242. The van der Waals surface area contributed by atoms with Crippen molar-refractivity contribution in [1.82, 2.24) is 0 Å². The summed E-state index contributed by atoms with van der Waals surface area (Å²) in [6, 6.07) is 17.1. The van der Waals surface area contributed by atoms with E-state index in [-0.39, 0.29) is 5.75 Å². The number of phenolic OH excluding ortho intramolecular Hbond substituents is 1. The fraction of sp³-hybridized carbons (Fsp3) is 0.400. The van der Waals surface area contributed by atoms with Crippen LogP contribution >= 0.6 is 0 Å². The van der Waals surface area contributed by atoms with Gasteiger partial charge in [0.2, 0.25) is 8.32 Å². The molecule has 0 aliphatic carbocycles. The van der Waals surface area contributed by atoms with Crippen LogP contribution in [0.25, 0.3) is 0 Å². The highest BCUT2D eigenvalue weighted by Crippen LogP contribution is 2.27. The second kappa shape index (κ2) is 8.21. The van der Waals surface area contributed by atoms with Gasteiger partial charge < -0.3 is 14.0 Å².